The van der Waals surface area contributed by atoms with Crippen LogP contribution < -0.4 is 4.90 Å². The van der Waals surface area contributed by atoms with E-state index in [0.717, 1.165) is 17.1 Å². The van der Waals surface area contributed by atoms with Crippen LogP contribution in [0, 0.1) is 0 Å². The van der Waals surface area contributed by atoms with E-state index < -0.39 is 0 Å². The van der Waals surface area contributed by atoms with Gasteiger partial charge in [0.05, 0.1) is 11.7 Å². The van der Waals surface area contributed by atoms with Gasteiger partial charge >= 0.3 is 0 Å². The number of aromatic nitrogens is 1. The summed E-state index contributed by atoms with van der Waals surface area (Å²) >= 11 is 1.43. The van der Waals surface area contributed by atoms with Crippen LogP contribution in [0.3, 0.4) is 0 Å². The van der Waals surface area contributed by atoms with Crippen LogP contribution in [0.1, 0.15) is 0 Å². The Bertz CT molecular complexity index is 399. The number of benzene rings is 1. The molecule has 1 amide bonds. The number of para-hydroxylation sites is 1. The van der Waals surface area contributed by atoms with Gasteiger partial charge in [-0.15, -0.1) is 11.3 Å². The van der Waals surface area contributed by atoms with Crippen LogP contribution in [0.15, 0.2) is 42.0 Å². The van der Waals surface area contributed by atoms with Crippen molar-refractivity contribution >= 4 is 28.4 Å². The first-order chi connectivity index (χ1) is 6.92. The number of rotatable bonds is 3. The van der Waals surface area contributed by atoms with Gasteiger partial charge in [-0.05, 0) is 12.1 Å². The van der Waals surface area contributed by atoms with Gasteiger partial charge in [0.2, 0.25) is 6.41 Å². The molecule has 0 spiro atoms. The van der Waals surface area contributed by atoms with Gasteiger partial charge in [0.15, 0.2) is 0 Å². The molecule has 1 aromatic heterocycles. The zero-order valence-corrected chi connectivity index (χ0v) is 8.15. The Morgan fingerprint density at radius 2 is 2.07 bits per heavy atom. The van der Waals surface area contributed by atoms with Gasteiger partial charge in [0.25, 0.3) is 0 Å². The molecule has 0 aliphatic heterocycles. The smallest absolute Gasteiger partial charge is 0.219 e. The summed E-state index contributed by atoms with van der Waals surface area (Å²) in [4.78, 5) is 16.4. The SMILES string of the molecule is O=CN(c1ccccc1)c1cncs1. The maximum atomic E-state index is 10.9. The standard InChI is InChI=1S/C10H8N2OS/c13-8-12(10-6-11-7-14-10)9-4-2-1-3-5-9/h1-8H. The Balaban J connectivity index is 2.36. The molecular formula is C10H8N2OS. The van der Waals surface area contributed by atoms with Gasteiger partial charge < -0.3 is 0 Å². The summed E-state index contributed by atoms with van der Waals surface area (Å²) in [6, 6.07) is 9.47. The van der Waals surface area contributed by atoms with Gasteiger partial charge in [0, 0.05) is 5.69 Å². The second-order valence-corrected chi connectivity index (χ2v) is 3.52. The summed E-state index contributed by atoms with van der Waals surface area (Å²) in [5.74, 6) is 0. The number of hydrogen-bond donors (Lipinski definition) is 0. The Morgan fingerprint density at radius 3 is 2.64 bits per heavy atom. The molecule has 0 radical (unpaired) electrons. The normalized spacial score (nSPS) is 9.71. The summed E-state index contributed by atoms with van der Waals surface area (Å²) in [6.45, 7) is 0. The minimum absolute atomic E-state index is 0.794. The van der Waals surface area contributed by atoms with E-state index in [4.69, 9.17) is 0 Å². The molecule has 0 aliphatic rings. The average molecular weight is 204 g/mol. The van der Waals surface area contributed by atoms with Crippen molar-refractivity contribution in [2.45, 2.75) is 0 Å². The van der Waals surface area contributed by atoms with Crippen LogP contribution >= 0.6 is 11.3 Å². The summed E-state index contributed by atoms with van der Waals surface area (Å²) in [7, 11) is 0. The number of thiazole rings is 1. The van der Waals surface area contributed by atoms with Crippen LogP contribution in [-0.2, 0) is 4.79 Å². The monoisotopic (exact) mass is 204 g/mol. The molecule has 3 nitrogen and oxygen atoms in total. The molecule has 0 unspecified atom stereocenters. The summed E-state index contributed by atoms with van der Waals surface area (Å²) < 4.78 is 0. The number of carbonyl (C=O) groups is 1. The van der Waals surface area contributed by atoms with Crippen molar-refractivity contribution < 1.29 is 4.79 Å². The lowest BCUT2D eigenvalue weighted by Crippen LogP contribution is -2.12. The Labute approximate surface area is 85.6 Å². The fraction of sp³-hybridized carbons (Fsp3) is 0. The van der Waals surface area contributed by atoms with Crippen molar-refractivity contribution in [2.24, 2.45) is 0 Å². The molecule has 1 heterocycles. The van der Waals surface area contributed by atoms with Crippen molar-refractivity contribution in [1.82, 2.24) is 4.98 Å². The molecule has 0 N–H and O–H groups in total. The van der Waals surface area contributed by atoms with Crippen molar-refractivity contribution in [1.29, 1.82) is 0 Å². The minimum atomic E-state index is 0.794. The van der Waals surface area contributed by atoms with Crippen LogP contribution in [-0.4, -0.2) is 11.4 Å². The quantitative estimate of drug-likeness (QED) is 0.719. The first-order valence-electron chi connectivity index (χ1n) is 4.10. The molecule has 0 fully saturated rings. The third-order valence-corrected chi connectivity index (χ3v) is 2.57. The predicted octanol–water partition coefficient (Wildman–Crippen LogP) is 2.44. The minimum Gasteiger partial charge on any atom is -0.278 e. The summed E-state index contributed by atoms with van der Waals surface area (Å²) in [5, 5.41) is 0.825. The number of nitrogens with zero attached hydrogens (tertiary/aromatic N) is 2. The maximum Gasteiger partial charge on any atom is 0.219 e. The Hall–Kier alpha value is -1.68. The third-order valence-electron chi connectivity index (χ3n) is 1.80. The summed E-state index contributed by atoms with van der Waals surface area (Å²) in [5.41, 5.74) is 2.56. The van der Waals surface area contributed by atoms with Crippen molar-refractivity contribution in [2.75, 3.05) is 4.90 Å². The molecule has 0 saturated carbocycles. The second-order valence-electron chi connectivity index (χ2n) is 2.65. The highest BCUT2D eigenvalue weighted by atomic mass is 32.1. The van der Waals surface area contributed by atoms with E-state index in [2.05, 4.69) is 4.98 Å². The molecule has 14 heavy (non-hydrogen) atoms. The zero-order chi connectivity index (χ0) is 9.80. The van der Waals surface area contributed by atoms with E-state index in [0.29, 0.717) is 0 Å². The maximum absolute atomic E-state index is 10.9. The largest absolute Gasteiger partial charge is 0.278 e. The van der Waals surface area contributed by atoms with E-state index in [-0.39, 0.29) is 0 Å². The molecule has 0 saturated heterocycles. The van der Waals surface area contributed by atoms with Gasteiger partial charge in [-0.2, -0.15) is 0 Å². The molecule has 0 bridgehead atoms. The average Bonchev–Trinajstić information content (AvgIpc) is 2.74. The second kappa shape index (κ2) is 4.02. The number of hydrogen-bond acceptors (Lipinski definition) is 3. The topological polar surface area (TPSA) is 33.2 Å². The highest BCUT2D eigenvalue weighted by molar-refractivity contribution is 7.14. The molecule has 4 heteroatoms. The first-order valence-corrected chi connectivity index (χ1v) is 4.98. The van der Waals surface area contributed by atoms with E-state index in [1.165, 1.54) is 11.3 Å². The van der Waals surface area contributed by atoms with Gasteiger partial charge in [0.1, 0.15) is 5.00 Å². The van der Waals surface area contributed by atoms with E-state index in [1.807, 2.05) is 30.3 Å². The van der Waals surface area contributed by atoms with Crippen LogP contribution in [0.4, 0.5) is 10.7 Å². The predicted molar refractivity (Wildman–Crippen MR) is 56.8 cm³/mol. The fourth-order valence-corrected chi connectivity index (χ4v) is 1.77. The van der Waals surface area contributed by atoms with E-state index in [9.17, 15) is 4.79 Å². The first kappa shape index (κ1) is 8.90. The van der Waals surface area contributed by atoms with E-state index in [1.54, 1.807) is 16.6 Å². The Kier molecular flexibility index (Phi) is 2.55. The number of anilines is 2. The van der Waals surface area contributed by atoms with Gasteiger partial charge in [-0.25, -0.2) is 0 Å². The van der Waals surface area contributed by atoms with Crippen LogP contribution in [0.2, 0.25) is 0 Å². The molecule has 0 atom stereocenters. The highest BCUT2D eigenvalue weighted by Gasteiger charge is 2.07. The van der Waals surface area contributed by atoms with Crippen LogP contribution in [0.5, 0.6) is 0 Å². The molecule has 2 aromatic rings. The van der Waals surface area contributed by atoms with Crippen molar-refractivity contribution in [3.63, 3.8) is 0 Å². The molecular weight excluding hydrogens is 196 g/mol. The molecule has 1 aromatic carbocycles. The highest BCUT2D eigenvalue weighted by Crippen LogP contribution is 2.26. The number of carbonyl (C=O) groups excluding carboxylic acids is 1. The van der Waals surface area contributed by atoms with E-state index >= 15 is 0 Å². The molecule has 70 valence electrons. The van der Waals surface area contributed by atoms with Gasteiger partial charge in [-0.1, -0.05) is 18.2 Å². The zero-order valence-electron chi connectivity index (χ0n) is 7.33. The van der Waals surface area contributed by atoms with Crippen molar-refractivity contribution in [3.8, 4) is 0 Å². The fourth-order valence-electron chi connectivity index (χ4n) is 1.16. The molecule has 2 rings (SSSR count). The lowest BCUT2D eigenvalue weighted by molar-refractivity contribution is -0.106. The van der Waals surface area contributed by atoms with Crippen molar-refractivity contribution in [3.05, 3.63) is 42.0 Å². The number of amides is 1. The van der Waals surface area contributed by atoms with Gasteiger partial charge in [-0.3, -0.25) is 14.7 Å². The molecule has 0 aliphatic carbocycles. The Morgan fingerprint density at radius 1 is 1.29 bits per heavy atom. The lowest BCUT2D eigenvalue weighted by Gasteiger charge is -2.13. The van der Waals surface area contributed by atoms with Crippen LogP contribution in [0.25, 0.3) is 0 Å². The lowest BCUT2D eigenvalue weighted by atomic mass is 10.3. The summed E-state index contributed by atoms with van der Waals surface area (Å²) in [6.07, 6.45) is 2.47. The third kappa shape index (κ3) is 1.65.